The highest BCUT2D eigenvalue weighted by Crippen LogP contribution is 2.29. The van der Waals surface area contributed by atoms with E-state index in [1.807, 2.05) is 0 Å². The van der Waals surface area contributed by atoms with Crippen molar-refractivity contribution in [1.29, 1.82) is 0 Å². The van der Waals surface area contributed by atoms with Crippen molar-refractivity contribution in [1.82, 2.24) is 29.8 Å². The molecule has 1 aliphatic rings. The number of carbonyl (C=O) groups excluding carboxylic acids is 2. The summed E-state index contributed by atoms with van der Waals surface area (Å²) in [5, 5.41) is 10.9. The van der Waals surface area contributed by atoms with Crippen LogP contribution in [0.5, 0.6) is 0 Å². The van der Waals surface area contributed by atoms with E-state index in [2.05, 4.69) is 56.7 Å². The number of anilines is 1. The number of hydrogen-bond donors (Lipinski definition) is 1. The number of benzene rings is 2. The molecule has 0 atom stereocenters. The molecule has 218 valence electrons. The third-order valence-electron chi connectivity index (χ3n) is 7.23. The molecule has 1 saturated heterocycles. The fourth-order valence-electron chi connectivity index (χ4n) is 4.68. The maximum atomic E-state index is 13.2. The van der Waals surface area contributed by atoms with Crippen LogP contribution in [0.15, 0.2) is 66.9 Å². The number of alkyl halides is 3. The molecule has 12 heteroatoms. The highest BCUT2D eigenvalue weighted by molar-refractivity contribution is 6.02. The zero-order valence-electron chi connectivity index (χ0n) is 23.2. The van der Waals surface area contributed by atoms with E-state index in [1.54, 1.807) is 22.6 Å². The first-order valence-corrected chi connectivity index (χ1v) is 13.5. The molecule has 1 N–H and O–H groups in total. The summed E-state index contributed by atoms with van der Waals surface area (Å²) in [6.45, 7) is 7.77. The molecular weight excluding hydrogens is 547 g/mol. The third-order valence-corrected chi connectivity index (χ3v) is 7.23. The zero-order chi connectivity index (χ0) is 29.9. The number of rotatable bonds is 7. The lowest BCUT2D eigenvalue weighted by molar-refractivity contribution is -0.137. The number of carbonyl (C=O) groups is 2. The van der Waals surface area contributed by atoms with Gasteiger partial charge in [-0.05, 0) is 55.3 Å². The van der Waals surface area contributed by atoms with Crippen LogP contribution in [0.4, 0.5) is 18.9 Å². The Balaban J connectivity index is 1.14. The van der Waals surface area contributed by atoms with Gasteiger partial charge in [0.05, 0.1) is 17.8 Å². The molecule has 9 nitrogen and oxygen atoms in total. The number of piperazine rings is 1. The normalized spacial score (nSPS) is 14.2. The average Bonchev–Trinajstić information content (AvgIpc) is 3.34. The van der Waals surface area contributed by atoms with Crippen LogP contribution in [0.1, 0.15) is 48.9 Å². The second-order valence-electron chi connectivity index (χ2n) is 10.3. The molecule has 3 heterocycles. The van der Waals surface area contributed by atoms with Crippen molar-refractivity contribution < 1.29 is 22.8 Å². The van der Waals surface area contributed by atoms with E-state index < -0.39 is 17.6 Å². The number of nitrogens with zero attached hydrogens (tertiary/aromatic N) is 6. The SMILES string of the molecule is Cc1ccc(CN2CCN(C(=O)c3nnn(Cc4ccc(C(=O)Nc5ccc(C(F)(F)F)cc5)nc4)c3C)CC2)cc1. The van der Waals surface area contributed by atoms with Crippen LogP contribution in [0.2, 0.25) is 0 Å². The summed E-state index contributed by atoms with van der Waals surface area (Å²) in [6.07, 6.45) is -2.94. The maximum Gasteiger partial charge on any atom is 0.416 e. The molecule has 0 aliphatic carbocycles. The summed E-state index contributed by atoms with van der Waals surface area (Å²) in [7, 11) is 0. The van der Waals surface area contributed by atoms with Crippen molar-refractivity contribution >= 4 is 17.5 Å². The Labute approximate surface area is 241 Å². The first-order valence-electron chi connectivity index (χ1n) is 13.5. The van der Waals surface area contributed by atoms with Gasteiger partial charge in [-0.1, -0.05) is 41.1 Å². The van der Waals surface area contributed by atoms with Gasteiger partial charge in [0.25, 0.3) is 11.8 Å². The molecule has 0 spiro atoms. The van der Waals surface area contributed by atoms with Crippen LogP contribution in [0.25, 0.3) is 0 Å². The lowest BCUT2D eigenvalue weighted by Crippen LogP contribution is -2.48. The van der Waals surface area contributed by atoms with Crippen molar-refractivity contribution in [2.24, 2.45) is 0 Å². The summed E-state index contributed by atoms with van der Waals surface area (Å²) < 4.78 is 39.9. The summed E-state index contributed by atoms with van der Waals surface area (Å²) in [5.74, 6) is -0.702. The van der Waals surface area contributed by atoms with Gasteiger partial charge in [-0.3, -0.25) is 19.5 Å². The molecule has 0 unspecified atom stereocenters. The van der Waals surface area contributed by atoms with Gasteiger partial charge in [0, 0.05) is 44.6 Å². The van der Waals surface area contributed by atoms with Crippen LogP contribution in [-0.4, -0.2) is 67.8 Å². The smallest absolute Gasteiger partial charge is 0.335 e. The Kier molecular flexibility index (Phi) is 8.34. The number of hydrogen-bond acceptors (Lipinski definition) is 6. The third kappa shape index (κ3) is 6.82. The van der Waals surface area contributed by atoms with Crippen LogP contribution in [0.3, 0.4) is 0 Å². The van der Waals surface area contributed by atoms with Gasteiger partial charge in [0.1, 0.15) is 5.69 Å². The Bertz CT molecular complexity index is 1540. The minimum absolute atomic E-state index is 0.103. The largest absolute Gasteiger partial charge is 0.416 e. The van der Waals surface area contributed by atoms with Crippen LogP contribution in [-0.2, 0) is 19.3 Å². The topological polar surface area (TPSA) is 96.2 Å². The van der Waals surface area contributed by atoms with Gasteiger partial charge in [0.15, 0.2) is 5.69 Å². The van der Waals surface area contributed by atoms with Crippen molar-refractivity contribution in [2.75, 3.05) is 31.5 Å². The first kappa shape index (κ1) is 28.9. The molecule has 5 rings (SSSR count). The minimum atomic E-state index is -4.45. The molecule has 0 radical (unpaired) electrons. The molecule has 2 aromatic heterocycles. The van der Waals surface area contributed by atoms with Gasteiger partial charge >= 0.3 is 6.18 Å². The minimum Gasteiger partial charge on any atom is -0.335 e. The van der Waals surface area contributed by atoms with Gasteiger partial charge in [-0.2, -0.15) is 13.2 Å². The van der Waals surface area contributed by atoms with E-state index in [1.165, 1.54) is 35.5 Å². The van der Waals surface area contributed by atoms with Crippen LogP contribution in [0, 0.1) is 13.8 Å². The highest BCUT2D eigenvalue weighted by atomic mass is 19.4. The Morgan fingerprint density at radius 3 is 2.14 bits per heavy atom. The number of pyridine rings is 1. The molecule has 1 aliphatic heterocycles. The summed E-state index contributed by atoms with van der Waals surface area (Å²) in [5.41, 5.74) is 3.68. The predicted octanol–water partition coefficient (Wildman–Crippen LogP) is 4.57. The molecular formula is C30H30F3N7O2. The van der Waals surface area contributed by atoms with Crippen molar-refractivity contribution in [2.45, 2.75) is 33.1 Å². The maximum absolute atomic E-state index is 13.2. The Morgan fingerprint density at radius 2 is 1.52 bits per heavy atom. The van der Waals surface area contributed by atoms with Gasteiger partial charge < -0.3 is 10.2 Å². The van der Waals surface area contributed by atoms with Crippen molar-refractivity contribution in [3.8, 4) is 0 Å². The van der Waals surface area contributed by atoms with Crippen molar-refractivity contribution in [3.05, 3.63) is 106 Å². The van der Waals surface area contributed by atoms with E-state index in [-0.39, 0.29) is 17.3 Å². The fourth-order valence-corrected chi connectivity index (χ4v) is 4.68. The summed E-state index contributed by atoms with van der Waals surface area (Å²) >= 11 is 0. The van der Waals surface area contributed by atoms with Gasteiger partial charge in [-0.25, -0.2) is 4.68 Å². The van der Waals surface area contributed by atoms with Gasteiger partial charge in [0.2, 0.25) is 0 Å². The Hall–Kier alpha value is -4.58. The highest BCUT2D eigenvalue weighted by Gasteiger charge is 2.30. The second-order valence-corrected chi connectivity index (χ2v) is 10.3. The summed E-state index contributed by atoms with van der Waals surface area (Å²) in [4.78, 5) is 34.0. The lowest BCUT2D eigenvalue weighted by atomic mass is 10.1. The van der Waals surface area contributed by atoms with E-state index >= 15 is 0 Å². The quantitative estimate of drug-likeness (QED) is 0.346. The van der Waals surface area contributed by atoms with Gasteiger partial charge in [-0.15, -0.1) is 5.10 Å². The Morgan fingerprint density at radius 1 is 0.857 bits per heavy atom. The fraction of sp³-hybridized carbons (Fsp3) is 0.300. The van der Waals surface area contributed by atoms with Crippen molar-refractivity contribution in [3.63, 3.8) is 0 Å². The molecule has 2 amide bonds. The number of halogens is 3. The lowest BCUT2D eigenvalue weighted by Gasteiger charge is -2.34. The second kappa shape index (κ2) is 12.1. The van der Waals surface area contributed by atoms with E-state index in [9.17, 15) is 22.8 Å². The number of nitrogens with one attached hydrogen (secondary N) is 1. The first-order chi connectivity index (χ1) is 20.1. The number of aryl methyl sites for hydroxylation is 1. The zero-order valence-corrected chi connectivity index (χ0v) is 23.2. The van der Waals surface area contributed by atoms with E-state index in [0.717, 1.165) is 37.3 Å². The number of aromatic nitrogens is 4. The van der Waals surface area contributed by atoms with Crippen LogP contribution >= 0.6 is 0 Å². The molecule has 2 aromatic carbocycles. The molecule has 0 bridgehead atoms. The number of amides is 2. The van der Waals surface area contributed by atoms with Crippen LogP contribution < -0.4 is 5.32 Å². The predicted molar refractivity (Wildman–Crippen MR) is 150 cm³/mol. The molecule has 1 fully saturated rings. The average molecular weight is 578 g/mol. The molecule has 0 saturated carbocycles. The van der Waals surface area contributed by atoms with E-state index in [0.29, 0.717) is 31.0 Å². The molecule has 42 heavy (non-hydrogen) atoms. The monoisotopic (exact) mass is 577 g/mol. The summed E-state index contributed by atoms with van der Waals surface area (Å²) in [6, 6.07) is 15.9. The standard InChI is InChI=1S/C30H30F3N7O2/c1-20-3-5-22(6-4-20)18-38-13-15-39(16-14-38)29(42)27-21(2)40(37-36-27)19-23-7-12-26(34-17-23)28(41)35-25-10-8-24(9-11-25)30(31,32)33/h3-12,17H,13-16,18-19H2,1-2H3,(H,35,41). The van der Waals surface area contributed by atoms with E-state index in [4.69, 9.17) is 0 Å². The molecule has 4 aromatic rings.